The molecule has 2 amide bonds. The number of rotatable bonds is 3. The molecule has 1 aromatic rings. The first kappa shape index (κ1) is 18.8. The van der Waals surface area contributed by atoms with Crippen molar-refractivity contribution in [2.45, 2.75) is 55.8 Å². The van der Waals surface area contributed by atoms with Crippen LogP contribution in [0.4, 0.5) is 13.2 Å². The molecule has 1 spiro atoms. The highest BCUT2D eigenvalue weighted by Crippen LogP contribution is 2.59. The van der Waals surface area contributed by atoms with E-state index in [4.69, 9.17) is 0 Å². The molecule has 2 heterocycles. The zero-order valence-corrected chi connectivity index (χ0v) is 15.9. The molecule has 2 atom stereocenters. The van der Waals surface area contributed by atoms with E-state index in [2.05, 4.69) is 10.1 Å². The van der Waals surface area contributed by atoms with Crippen molar-refractivity contribution >= 4 is 11.8 Å². The predicted molar refractivity (Wildman–Crippen MR) is 96.9 cm³/mol. The van der Waals surface area contributed by atoms with E-state index in [-0.39, 0.29) is 34.4 Å². The van der Waals surface area contributed by atoms with Gasteiger partial charge in [-0.2, -0.15) is 0 Å². The molecule has 4 fully saturated rings. The lowest BCUT2D eigenvalue weighted by atomic mass is 9.67. The molecule has 0 bridgehead atoms. The van der Waals surface area contributed by atoms with Crippen LogP contribution < -0.4 is 10.1 Å². The topological polar surface area (TPSA) is 58.6 Å². The van der Waals surface area contributed by atoms with Gasteiger partial charge in [-0.3, -0.25) is 9.59 Å². The first-order chi connectivity index (χ1) is 13.7. The molecular formula is C21H23F3N2O3. The third kappa shape index (κ3) is 3.26. The van der Waals surface area contributed by atoms with Gasteiger partial charge in [-0.05, 0) is 55.7 Å². The average molecular weight is 408 g/mol. The second-order valence-electron chi connectivity index (χ2n) is 9.10. The van der Waals surface area contributed by atoms with Gasteiger partial charge in [0.25, 0.3) is 0 Å². The number of alkyl halides is 3. The highest BCUT2D eigenvalue weighted by atomic mass is 19.4. The van der Waals surface area contributed by atoms with Crippen LogP contribution in [0.5, 0.6) is 5.75 Å². The van der Waals surface area contributed by atoms with Gasteiger partial charge in [0.1, 0.15) is 5.75 Å². The lowest BCUT2D eigenvalue weighted by molar-refractivity contribution is -0.274. The number of fused-ring (bicyclic) bond motifs is 1. The zero-order chi connectivity index (χ0) is 20.4. The monoisotopic (exact) mass is 408 g/mol. The van der Waals surface area contributed by atoms with Crippen LogP contribution in [-0.2, 0) is 15.0 Å². The lowest BCUT2D eigenvalue weighted by Gasteiger charge is -2.46. The van der Waals surface area contributed by atoms with Crippen LogP contribution in [0.25, 0.3) is 0 Å². The number of carbonyl (C=O) groups is 2. The standard InChI is InChI=1S/C21H23F3N2O3/c22-21(23,24)29-16-3-1-14(2-4-16)20-7-8-26(12-15(20)11-20)18(28)13-9-19(10-13)6-5-17(27)25-19/h1-4,13,15H,5-12H2,(H,25,27)/t13-,15?,19+,20?. The number of hydrogen-bond donors (Lipinski definition) is 1. The Labute approximate surface area is 166 Å². The maximum absolute atomic E-state index is 12.9. The highest BCUT2D eigenvalue weighted by Gasteiger charge is 2.59. The summed E-state index contributed by atoms with van der Waals surface area (Å²) in [7, 11) is 0. The number of hydrogen-bond acceptors (Lipinski definition) is 3. The third-order valence-corrected chi connectivity index (χ3v) is 7.33. The minimum Gasteiger partial charge on any atom is -0.406 e. The number of halogens is 3. The van der Waals surface area contributed by atoms with E-state index < -0.39 is 6.36 Å². The minimum atomic E-state index is -4.69. The van der Waals surface area contributed by atoms with E-state index in [0.717, 1.165) is 37.7 Å². The molecule has 2 unspecified atom stereocenters. The van der Waals surface area contributed by atoms with Crippen molar-refractivity contribution in [2.75, 3.05) is 13.1 Å². The summed E-state index contributed by atoms with van der Waals surface area (Å²) in [6.45, 7) is 1.38. The number of piperidine rings is 1. The van der Waals surface area contributed by atoms with Gasteiger partial charge in [0.2, 0.25) is 11.8 Å². The molecule has 1 N–H and O–H groups in total. The number of likely N-dealkylation sites (tertiary alicyclic amines) is 1. The van der Waals surface area contributed by atoms with Crippen molar-refractivity contribution in [3.05, 3.63) is 29.8 Å². The Hall–Kier alpha value is -2.25. The van der Waals surface area contributed by atoms with E-state index in [1.54, 1.807) is 12.1 Å². The Kier molecular flexibility index (Phi) is 3.96. The SMILES string of the molecule is O=C1CC[C@]2(C[C@H](C(=O)N3CCC4(c5ccc(OC(F)(F)F)cc5)CC4C3)C2)N1. The van der Waals surface area contributed by atoms with E-state index in [1.165, 1.54) is 12.1 Å². The summed E-state index contributed by atoms with van der Waals surface area (Å²) in [5.74, 6) is 0.420. The molecule has 5 nitrogen and oxygen atoms in total. The number of nitrogens with zero attached hydrogens (tertiary/aromatic N) is 1. The summed E-state index contributed by atoms with van der Waals surface area (Å²) < 4.78 is 41.0. The predicted octanol–water partition coefficient (Wildman–Crippen LogP) is 3.13. The minimum absolute atomic E-state index is 0.00143. The van der Waals surface area contributed by atoms with Crippen molar-refractivity contribution in [1.82, 2.24) is 10.2 Å². The number of carbonyl (C=O) groups excluding carboxylic acids is 2. The van der Waals surface area contributed by atoms with Crippen LogP contribution in [0.15, 0.2) is 24.3 Å². The summed E-state index contributed by atoms with van der Waals surface area (Å²) in [5, 5.41) is 3.03. The van der Waals surface area contributed by atoms with E-state index in [1.807, 2.05) is 4.90 Å². The number of nitrogens with one attached hydrogen (secondary N) is 1. The molecule has 2 aliphatic carbocycles. The quantitative estimate of drug-likeness (QED) is 0.836. The molecule has 2 aliphatic heterocycles. The summed E-state index contributed by atoms with van der Waals surface area (Å²) in [6, 6.07) is 6.18. The van der Waals surface area contributed by atoms with Gasteiger partial charge in [-0.1, -0.05) is 12.1 Å². The molecule has 156 valence electrons. The highest BCUT2D eigenvalue weighted by molar-refractivity contribution is 5.84. The molecular weight excluding hydrogens is 385 g/mol. The van der Waals surface area contributed by atoms with Crippen LogP contribution in [0.1, 0.15) is 44.1 Å². The van der Waals surface area contributed by atoms with Gasteiger partial charge in [-0.25, -0.2) is 0 Å². The van der Waals surface area contributed by atoms with Gasteiger partial charge < -0.3 is 15.0 Å². The fourth-order valence-corrected chi connectivity index (χ4v) is 5.70. The van der Waals surface area contributed by atoms with Crippen LogP contribution in [0.2, 0.25) is 0 Å². The van der Waals surface area contributed by atoms with E-state index in [0.29, 0.717) is 25.4 Å². The molecule has 2 saturated carbocycles. The molecule has 2 saturated heterocycles. The largest absolute Gasteiger partial charge is 0.573 e. The van der Waals surface area contributed by atoms with Gasteiger partial charge in [-0.15, -0.1) is 13.2 Å². The lowest BCUT2D eigenvalue weighted by Crippen LogP contribution is -2.57. The van der Waals surface area contributed by atoms with E-state index >= 15 is 0 Å². The van der Waals surface area contributed by atoms with E-state index in [9.17, 15) is 22.8 Å². The Morgan fingerprint density at radius 3 is 2.45 bits per heavy atom. The van der Waals surface area contributed by atoms with Gasteiger partial charge >= 0.3 is 6.36 Å². The second kappa shape index (κ2) is 6.12. The number of amides is 2. The number of ether oxygens (including phenoxy) is 1. The maximum atomic E-state index is 12.9. The second-order valence-corrected chi connectivity index (χ2v) is 9.10. The molecule has 0 aromatic heterocycles. The van der Waals surface area contributed by atoms with Crippen molar-refractivity contribution in [2.24, 2.45) is 11.8 Å². The molecule has 8 heteroatoms. The van der Waals surface area contributed by atoms with Gasteiger partial charge in [0.05, 0.1) is 0 Å². The summed E-state index contributed by atoms with van der Waals surface area (Å²) in [4.78, 5) is 26.3. The van der Waals surface area contributed by atoms with Gasteiger partial charge in [0, 0.05) is 36.4 Å². The van der Waals surface area contributed by atoms with Crippen LogP contribution in [-0.4, -0.2) is 41.7 Å². The summed E-state index contributed by atoms with van der Waals surface area (Å²) >= 11 is 0. The Morgan fingerprint density at radius 1 is 1.14 bits per heavy atom. The smallest absolute Gasteiger partial charge is 0.406 e. The first-order valence-electron chi connectivity index (χ1n) is 10.1. The molecule has 1 aromatic carbocycles. The zero-order valence-electron chi connectivity index (χ0n) is 15.9. The fourth-order valence-electron chi connectivity index (χ4n) is 5.70. The van der Waals surface area contributed by atoms with Crippen molar-refractivity contribution in [3.63, 3.8) is 0 Å². The first-order valence-corrected chi connectivity index (χ1v) is 10.1. The molecule has 29 heavy (non-hydrogen) atoms. The summed E-state index contributed by atoms with van der Waals surface area (Å²) in [6.07, 6.45) is -0.0278. The van der Waals surface area contributed by atoms with Crippen LogP contribution >= 0.6 is 0 Å². The molecule has 4 aliphatic rings. The molecule has 0 radical (unpaired) electrons. The third-order valence-electron chi connectivity index (χ3n) is 7.33. The van der Waals surface area contributed by atoms with Crippen molar-refractivity contribution in [3.8, 4) is 5.75 Å². The average Bonchev–Trinajstić information content (AvgIpc) is 3.24. The van der Waals surface area contributed by atoms with Crippen molar-refractivity contribution < 1.29 is 27.5 Å². The Morgan fingerprint density at radius 2 is 1.86 bits per heavy atom. The number of benzene rings is 1. The van der Waals surface area contributed by atoms with Crippen molar-refractivity contribution in [1.29, 1.82) is 0 Å². The van der Waals surface area contributed by atoms with Crippen LogP contribution in [0, 0.1) is 11.8 Å². The normalized spacial score (nSPS) is 35.7. The summed E-state index contributed by atoms with van der Waals surface area (Å²) in [5.41, 5.74) is 0.866. The Bertz CT molecular complexity index is 848. The van der Waals surface area contributed by atoms with Crippen LogP contribution in [0.3, 0.4) is 0 Å². The maximum Gasteiger partial charge on any atom is 0.573 e. The van der Waals surface area contributed by atoms with Gasteiger partial charge in [0.15, 0.2) is 0 Å². The molecule has 5 rings (SSSR count). The fraction of sp³-hybridized carbons (Fsp3) is 0.619. The Balaban J connectivity index is 1.18.